The predicted molar refractivity (Wildman–Crippen MR) is 73.3 cm³/mol. The number of hydrogen-bond acceptors (Lipinski definition) is 2. The van der Waals surface area contributed by atoms with Crippen LogP contribution in [-0.2, 0) is 0 Å². The molecule has 0 saturated carbocycles. The molecular formula is C14H11BrN2. The molecule has 2 rings (SSSR count). The Kier molecular flexibility index (Phi) is 3.46. The molecular weight excluding hydrogens is 276 g/mol. The molecule has 2 aromatic rings. The number of hydrogen-bond donors (Lipinski definition) is 1. The molecule has 0 aliphatic heterocycles. The Morgan fingerprint density at radius 1 is 1.12 bits per heavy atom. The zero-order chi connectivity index (χ0) is 12.3. The molecule has 0 atom stereocenters. The van der Waals surface area contributed by atoms with Crippen LogP contribution >= 0.6 is 15.9 Å². The van der Waals surface area contributed by atoms with Crippen molar-refractivity contribution in [1.29, 1.82) is 5.26 Å². The highest BCUT2D eigenvalue weighted by Crippen LogP contribution is 2.23. The van der Waals surface area contributed by atoms with Gasteiger partial charge in [-0.1, -0.05) is 28.1 Å². The van der Waals surface area contributed by atoms with Gasteiger partial charge in [0.05, 0.1) is 11.6 Å². The first-order chi connectivity index (χ1) is 8.19. The van der Waals surface area contributed by atoms with E-state index in [0.717, 1.165) is 15.8 Å². The van der Waals surface area contributed by atoms with Crippen molar-refractivity contribution in [2.45, 2.75) is 6.92 Å². The predicted octanol–water partition coefficient (Wildman–Crippen LogP) is 4.37. The molecule has 2 aromatic carbocycles. The summed E-state index contributed by atoms with van der Waals surface area (Å²) in [5.41, 5.74) is 3.76. The average molecular weight is 287 g/mol. The van der Waals surface area contributed by atoms with Crippen LogP contribution in [-0.4, -0.2) is 0 Å². The molecule has 0 radical (unpaired) electrons. The molecule has 0 aliphatic rings. The Labute approximate surface area is 109 Å². The fourth-order valence-electron chi connectivity index (χ4n) is 1.50. The number of benzene rings is 2. The molecule has 17 heavy (non-hydrogen) atoms. The van der Waals surface area contributed by atoms with Crippen molar-refractivity contribution in [3.63, 3.8) is 0 Å². The molecule has 0 spiro atoms. The lowest BCUT2D eigenvalue weighted by Gasteiger charge is -2.08. The third-order valence-electron chi connectivity index (χ3n) is 2.45. The van der Waals surface area contributed by atoms with E-state index in [1.54, 1.807) is 6.07 Å². The van der Waals surface area contributed by atoms with E-state index in [2.05, 4.69) is 27.3 Å². The first kappa shape index (κ1) is 11.7. The summed E-state index contributed by atoms with van der Waals surface area (Å²) in [6, 6.07) is 15.6. The Balaban J connectivity index is 2.25. The second-order valence-corrected chi connectivity index (χ2v) is 4.64. The summed E-state index contributed by atoms with van der Waals surface area (Å²) in [4.78, 5) is 0. The standard InChI is InChI=1S/C14H11BrN2/c1-10-5-6-13(8-14(10)15)17-12-4-2-3-11(7-12)9-16/h2-8,17H,1H3. The number of anilines is 2. The normalized spacial score (nSPS) is 9.71. The lowest BCUT2D eigenvalue weighted by atomic mass is 10.2. The van der Waals surface area contributed by atoms with Crippen molar-refractivity contribution in [3.8, 4) is 6.07 Å². The number of nitrogens with one attached hydrogen (secondary N) is 1. The van der Waals surface area contributed by atoms with Crippen LogP contribution in [0.5, 0.6) is 0 Å². The van der Waals surface area contributed by atoms with Gasteiger partial charge in [0.25, 0.3) is 0 Å². The molecule has 84 valence electrons. The summed E-state index contributed by atoms with van der Waals surface area (Å²) in [5.74, 6) is 0. The highest BCUT2D eigenvalue weighted by atomic mass is 79.9. The maximum atomic E-state index is 8.82. The fourth-order valence-corrected chi connectivity index (χ4v) is 1.88. The van der Waals surface area contributed by atoms with E-state index in [4.69, 9.17) is 5.26 Å². The Morgan fingerprint density at radius 3 is 2.59 bits per heavy atom. The Bertz CT molecular complexity index is 585. The minimum atomic E-state index is 0.654. The Morgan fingerprint density at radius 2 is 1.88 bits per heavy atom. The van der Waals surface area contributed by atoms with Gasteiger partial charge in [-0.2, -0.15) is 5.26 Å². The van der Waals surface area contributed by atoms with E-state index in [1.165, 1.54) is 5.56 Å². The van der Waals surface area contributed by atoms with E-state index in [9.17, 15) is 0 Å². The first-order valence-electron chi connectivity index (χ1n) is 5.22. The van der Waals surface area contributed by atoms with Gasteiger partial charge in [-0.3, -0.25) is 0 Å². The zero-order valence-electron chi connectivity index (χ0n) is 9.37. The molecule has 2 nitrogen and oxygen atoms in total. The van der Waals surface area contributed by atoms with Crippen LogP contribution in [0.15, 0.2) is 46.9 Å². The summed E-state index contributed by atoms with van der Waals surface area (Å²) in [6.45, 7) is 2.05. The second kappa shape index (κ2) is 5.03. The van der Waals surface area contributed by atoms with Gasteiger partial charge in [-0.25, -0.2) is 0 Å². The number of aryl methyl sites for hydroxylation is 1. The SMILES string of the molecule is Cc1ccc(Nc2cccc(C#N)c2)cc1Br. The largest absolute Gasteiger partial charge is 0.355 e. The van der Waals surface area contributed by atoms with Gasteiger partial charge in [0.2, 0.25) is 0 Å². The second-order valence-electron chi connectivity index (χ2n) is 3.78. The lowest BCUT2D eigenvalue weighted by Crippen LogP contribution is -1.91. The molecule has 0 aliphatic carbocycles. The molecule has 0 bridgehead atoms. The van der Waals surface area contributed by atoms with Crippen LogP contribution in [0.3, 0.4) is 0 Å². The zero-order valence-corrected chi connectivity index (χ0v) is 11.0. The van der Waals surface area contributed by atoms with E-state index in [1.807, 2.05) is 43.3 Å². The molecule has 0 amide bonds. The van der Waals surface area contributed by atoms with Gasteiger partial charge in [0.15, 0.2) is 0 Å². The van der Waals surface area contributed by atoms with Crippen molar-refractivity contribution in [3.05, 3.63) is 58.1 Å². The molecule has 0 heterocycles. The summed E-state index contributed by atoms with van der Waals surface area (Å²) >= 11 is 3.50. The summed E-state index contributed by atoms with van der Waals surface area (Å²) in [6.07, 6.45) is 0. The summed E-state index contributed by atoms with van der Waals surface area (Å²) < 4.78 is 1.07. The number of rotatable bonds is 2. The van der Waals surface area contributed by atoms with E-state index >= 15 is 0 Å². The Hall–Kier alpha value is -1.79. The maximum absolute atomic E-state index is 8.82. The first-order valence-corrected chi connectivity index (χ1v) is 6.01. The van der Waals surface area contributed by atoms with Gasteiger partial charge in [-0.15, -0.1) is 0 Å². The van der Waals surface area contributed by atoms with Crippen molar-refractivity contribution in [2.24, 2.45) is 0 Å². The lowest BCUT2D eigenvalue weighted by molar-refractivity contribution is 1.41. The molecule has 0 saturated heterocycles. The van der Waals surface area contributed by atoms with Gasteiger partial charge in [-0.05, 0) is 42.8 Å². The van der Waals surface area contributed by atoms with E-state index in [0.29, 0.717) is 5.56 Å². The van der Waals surface area contributed by atoms with Crippen molar-refractivity contribution in [1.82, 2.24) is 0 Å². The minimum absolute atomic E-state index is 0.654. The van der Waals surface area contributed by atoms with Gasteiger partial charge in [0.1, 0.15) is 0 Å². The number of nitriles is 1. The number of halogens is 1. The smallest absolute Gasteiger partial charge is 0.0992 e. The molecule has 1 N–H and O–H groups in total. The molecule has 0 fully saturated rings. The maximum Gasteiger partial charge on any atom is 0.0992 e. The van der Waals surface area contributed by atoms with Gasteiger partial charge < -0.3 is 5.32 Å². The third kappa shape index (κ3) is 2.86. The molecule has 0 unspecified atom stereocenters. The average Bonchev–Trinajstić information content (AvgIpc) is 2.34. The quantitative estimate of drug-likeness (QED) is 0.890. The van der Waals surface area contributed by atoms with Gasteiger partial charge in [0, 0.05) is 15.8 Å². The van der Waals surface area contributed by atoms with Crippen LogP contribution in [0.4, 0.5) is 11.4 Å². The monoisotopic (exact) mass is 286 g/mol. The van der Waals surface area contributed by atoms with Crippen LogP contribution in [0.25, 0.3) is 0 Å². The van der Waals surface area contributed by atoms with E-state index < -0.39 is 0 Å². The molecule has 3 heteroatoms. The third-order valence-corrected chi connectivity index (χ3v) is 3.31. The highest BCUT2D eigenvalue weighted by molar-refractivity contribution is 9.10. The van der Waals surface area contributed by atoms with Crippen LogP contribution in [0.1, 0.15) is 11.1 Å². The molecule has 0 aromatic heterocycles. The van der Waals surface area contributed by atoms with Crippen LogP contribution in [0, 0.1) is 18.3 Å². The van der Waals surface area contributed by atoms with Crippen LogP contribution in [0.2, 0.25) is 0 Å². The fraction of sp³-hybridized carbons (Fsp3) is 0.0714. The van der Waals surface area contributed by atoms with E-state index in [-0.39, 0.29) is 0 Å². The van der Waals surface area contributed by atoms with Gasteiger partial charge >= 0.3 is 0 Å². The summed E-state index contributed by atoms with van der Waals surface area (Å²) in [7, 11) is 0. The minimum Gasteiger partial charge on any atom is -0.355 e. The highest BCUT2D eigenvalue weighted by Gasteiger charge is 1.99. The topological polar surface area (TPSA) is 35.8 Å². The van der Waals surface area contributed by atoms with Crippen LogP contribution < -0.4 is 5.32 Å². The van der Waals surface area contributed by atoms with Crippen molar-refractivity contribution in [2.75, 3.05) is 5.32 Å². The summed E-state index contributed by atoms with van der Waals surface area (Å²) in [5, 5.41) is 12.1. The van der Waals surface area contributed by atoms with Crippen molar-refractivity contribution >= 4 is 27.3 Å². The number of nitrogens with zero attached hydrogens (tertiary/aromatic N) is 1. The van der Waals surface area contributed by atoms with Crippen molar-refractivity contribution < 1.29 is 0 Å².